The largest absolute Gasteiger partial charge is 0.344 e. The summed E-state index contributed by atoms with van der Waals surface area (Å²) in [5, 5.41) is 3.45. The first-order valence-corrected chi connectivity index (χ1v) is 4.26. The highest BCUT2D eigenvalue weighted by atomic mass is 16.2. The van der Waals surface area contributed by atoms with Crippen molar-refractivity contribution in [2.75, 3.05) is 13.6 Å². The number of nitrogens with one attached hydrogen (secondary N) is 1. The third-order valence-electron chi connectivity index (χ3n) is 2.68. The van der Waals surface area contributed by atoms with Crippen LogP contribution in [-0.2, 0) is 4.79 Å². The molecule has 0 saturated carbocycles. The third-order valence-corrected chi connectivity index (χ3v) is 2.68. The highest BCUT2D eigenvalue weighted by Crippen LogP contribution is 2.19. The van der Waals surface area contributed by atoms with Crippen LogP contribution in [0.2, 0.25) is 0 Å². The van der Waals surface area contributed by atoms with E-state index in [1.807, 2.05) is 11.9 Å². The first kappa shape index (κ1) is 7.10. The van der Waals surface area contributed by atoms with E-state index in [9.17, 15) is 4.79 Å². The quantitative estimate of drug-likeness (QED) is 0.531. The molecule has 0 aromatic carbocycles. The maximum Gasteiger partial charge on any atom is 0.223 e. The zero-order chi connectivity index (χ0) is 7.84. The predicted octanol–water partition coefficient (Wildman–Crippen LogP) is -0.0309. The molecular formula is C8H14N2O. The molecule has 2 atom stereocenters. The number of likely N-dealkylation sites (N-methyl/N-ethyl adjacent to an activating group) is 1. The first-order chi connectivity index (χ1) is 5.25. The van der Waals surface area contributed by atoms with E-state index in [1.54, 1.807) is 0 Å². The van der Waals surface area contributed by atoms with Crippen LogP contribution >= 0.6 is 0 Å². The molecule has 0 radical (unpaired) electrons. The second-order valence-electron chi connectivity index (χ2n) is 3.62. The molecule has 2 unspecified atom stereocenters. The zero-order valence-corrected chi connectivity index (χ0v) is 6.84. The summed E-state index contributed by atoms with van der Waals surface area (Å²) >= 11 is 0. The topological polar surface area (TPSA) is 32.3 Å². The SMILES string of the molecule is CN1CC2CCC(CC1=O)N2. The second-order valence-corrected chi connectivity index (χ2v) is 3.62. The normalized spacial score (nSPS) is 37.5. The average Bonchev–Trinajstić information content (AvgIpc) is 2.30. The fraction of sp³-hybridized carbons (Fsp3) is 0.875. The maximum absolute atomic E-state index is 11.3. The predicted molar refractivity (Wildman–Crippen MR) is 42.2 cm³/mol. The molecule has 2 aliphatic heterocycles. The summed E-state index contributed by atoms with van der Waals surface area (Å²) in [6.07, 6.45) is 3.12. The minimum absolute atomic E-state index is 0.296. The van der Waals surface area contributed by atoms with Crippen molar-refractivity contribution in [3.8, 4) is 0 Å². The highest BCUT2D eigenvalue weighted by molar-refractivity contribution is 5.77. The van der Waals surface area contributed by atoms with Gasteiger partial charge < -0.3 is 10.2 Å². The number of fused-ring (bicyclic) bond motifs is 2. The molecular weight excluding hydrogens is 140 g/mol. The van der Waals surface area contributed by atoms with Crippen molar-refractivity contribution in [1.29, 1.82) is 0 Å². The van der Waals surface area contributed by atoms with Crippen LogP contribution in [0.1, 0.15) is 19.3 Å². The summed E-state index contributed by atoms with van der Waals surface area (Å²) in [5.41, 5.74) is 0. The lowest BCUT2D eigenvalue weighted by Gasteiger charge is -2.18. The molecule has 0 aliphatic carbocycles. The molecule has 2 saturated heterocycles. The van der Waals surface area contributed by atoms with Gasteiger partial charge in [0.2, 0.25) is 5.91 Å². The Bertz CT molecular complexity index is 181. The van der Waals surface area contributed by atoms with Crippen LogP contribution in [0.4, 0.5) is 0 Å². The van der Waals surface area contributed by atoms with Gasteiger partial charge in [0.15, 0.2) is 0 Å². The number of hydrogen-bond donors (Lipinski definition) is 1. The van der Waals surface area contributed by atoms with Crippen LogP contribution < -0.4 is 5.32 Å². The number of likely N-dealkylation sites (tertiary alicyclic amines) is 1. The Balaban J connectivity index is 2.10. The lowest BCUT2D eigenvalue weighted by molar-refractivity contribution is -0.129. The van der Waals surface area contributed by atoms with E-state index in [1.165, 1.54) is 12.8 Å². The molecule has 1 N–H and O–H groups in total. The fourth-order valence-electron chi connectivity index (χ4n) is 2.01. The summed E-state index contributed by atoms with van der Waals surface area (Å²) in [7, 11) is 1.89. The van der Waals surface area contributed by atoms with E-state index in [0.29, 0.717) is 24.4 Å². The summed E-state index contributed by atoms with van der Waals surface area (Å²) in [6, 6.07) is 1.04. The van der Waals surface area contributed by atoms with Crippen LogP contribution in [-0.4, -0.2) is 36.5 Å². The van der Waals surface area contributed by atoms with Gasteiger partial charge in [0.1, 0.15) is 0 Å². The Kier molecular flexibility index (Phi) is 1.60. The van der Waals surface area contributed by atoms with Crippen molar-refractivity contribution in [3.63, 3.8) is 0 Å². The molecule has 2 aliphatic rings. The Morgan fingerprint density at radius 3 is 3.00 bits per heavy atom. The zero-order valence-electron chi connectivity index (χ0n) is 6.84. The van der Waals surface area contributed by atoms with E-state index < -0.39 is 0 Å². The number of hydrogen-bond acceptors (Lipinski definition) is 2. The molecule has 0 spiro atoms. The Morgan fingerprint density at radius 2 is 2.18 bits per heavy atom. The number of rotatable bonds is 0. The van der Waals surface area contributed by atoms with Crippen molar-refractivity contribution in [1.82, 2.24) is 10.2 Å². The Morgan fingerprint density at radius 1 is 1.45 bits per heavy atom. The van der Waals surface area contributed by atoms with Gasteiger partial charge in [0, 0.05) is 32.1 Å². The molecule has 2 heterocycles. The van der Waals surface area contributed by atoms with Crippen molar-refractivity contribution in [2.45, 2.75) is 31.3 Å². The molecule has 2 bridgehead atoms. The number of carbonyl (C=O) groups is 1. The van der Waals surface area contributed by atoms with E-state index in [0.717, 1.165) is 6.54 Å². The minimum Gasteiger partial charge on any atom is -0.344 e. The molecule has 3 nitrogen and oxygen atoms in total. The van der Waals surface area contributed by atoms with Gasteiger partial charge in [0.05, 0.1) is 0 Å². The molecule has 11 heavy (non-hydrogen) atoms. The maximum atomic E-state index is 11.3. The molecule has 0 aromatic heterocycles. The molecule has 3 heteroatoms. The Hall–Kier alpha value is -0.570. The van der Waals surface area contributed by atoms with Gasteiger partial charge in [0.25, 0.3) is 0 Å². The summed E-state index contributed by atoms with van der Waals surface area (Å²) in [6.45, 7) is 0.898. The van der Waals surface area contributed by atoms with Crippen LogP contribution in [0, 0.1) is 0 Å². The van der Waals surface area contributed by atoms with Crippen LogP contribution in [0.25, 0.3) is 0 Å². The first-order valence-electron chi connectivity index (χ1n) is 4.26. The second kappa shape index (κ2) is 2.48. The number of nitrogens with zero attached hydrogens (tertiary/aromatic N) is 1. The van der Waals surface area contributed by atoms with Crippen molar-refractivity contribution >= 4 is 5.91 Å². The van der Waals surface area contributed by atoms with Gasteiger partial charge in [-0.15, -0.1) is 0 Å². The summed E-state index contributed by atoms with van der Waals surface area (Å²) < 4.78 is 0. The van der Waals surface area contributed by atoms with E-state index in [2.05, 4.69) is 5.32 Å². The molecule has 1 amide bonds. The van der Waals surface area contributed by atoms with Gasteiger partial charge in [-0.25, -0.2) is 0 Å². The van der Waals surface area contributed by atoms with Gasteiger partial charge in [-0.3, -0.25) is 4.79 Å². The molecule has 2 rings (SSSR count). The lowest BCUT2D eigenvalue weighted by atomic mass is 10.1. The standard InChI is InChI=1S/C8H14N2O/c1-10-5-7-3-2-6(9-7)4-8(10)11/h6-7,9H,2-5H2,1H3. The third kappa shape index (κ3) is 1.25. The summed E-state index contributed by atoms with van der Waals surface area (Å²) in [4.78, 5) is 13.1. The summed E-state index contributed by atoms with van der Waals surface area (Å²) in [5.74, 6) is 0.296. The highest BCUT2D eigenvalue weighted by Gasteiger charge is 2.31. The van der Waals surface area contributed by atoms with Crippen molar-refractivity contribution in [3.05, 3.63) is 0 Å². The van der Waals surface area contributed by atoms with Gasteiger partial charge in [-0.2, -0.15) is 0 Å². The van der Waals surface area contributed by atoms with Crippen molar-refractivity contribution < 1.29 is 4.79 Å². The van der Waals surface area contributed by atoms with Gasteiger partial charge in [-0.05, 0) is 12.8 Å². The molecule has 62 valence electrons. The Labute approximate surface area is 66.8 Å². The lowest BCUT2D eigenvalue weighted by Crippen LogP contribution is -2.34. The minimum atomic E-state index is 0.296. The fourth-order valence-corrected chi connectivity index (χ4v) is 2.01. The monoisotopic (exact) mass is 154 g/mol. The van der Waals surface area contributed by atoms with E-state index in [4.69, 9.17) is 0 Å². The molecule has 2 fully saturated rings. The van der Waals surface area contributed by atoms with Crippen molar-refractivity contribution in [2.24, 2.45) is 0 Å². The number of amides is 1. The molecule has 0 aromatic rings. The van der Waals surface area contributed by atoms with E-state index >= 15 is 0 Å². The smallest absolute Gasteiger partial charge is 0.223 e. The van der Waals surface area contributed by atoms with Crippen LogP contribution in [0.5, 0.6) is 0 Å². The van der Waals surface area contributed by atoms with Gasteiger partial charge >= 0.3 is 0 Å². The average molecular weight is 154 g/mol. The van der Waals surface area contributed by atoms with Crippen LogP contribution in [0.3, 0.4) is 0 Å². The van der Waals surface area contributed by atoms with E-state index in [-0.39, 0.29) is 0 Å². The number of carbonyl (C=O) groups excluding carboxylic acids is 1. The van der Waals surface area contributed by atoms with Gasteiger partial charge in [-0.1, -0.05) is 0 Å². The van der Waals surface area contributed by atoms with Crippen LogP contribution in [0.15, 0.2) is 0 Å².